The molecule has 0 saturated carbocycles. The van der Waals surface area contributed by atoms with Crippen LogP contribution < -0.4 is 11.2 Å². The molecule has 1 aliphatic heterocycles. The summed E-state index contributed by atoms with van der Waals surface area (Å²) in [4.78, 5) is 27.6. The van der Waals surface area contributed by atoms with E-state index in [9.17, 15) is 14.7 Å². The van der Waals surface area contributed by atoms with Crippen LogP contribution in [0.2, 0.25) is 0 Å². The van der Waals surface area contributed by atoms with E-state index >= 15 is 0 Å². The van der Waals surface area contributed by atoms with Gasteiger partial charge in [0.25, 0.3) is 5.56 Å². The van der Waals surface area contributed by atoms with Gasteiger partial charge in [0.2, 0.25) is 0 Å². The van der Waals surface area contributed by atoms with Crippen molar-refractivity contribution in [2.45, 2.75) is 36.1 Å². The summed E-state index contributed by atoms with van der Waals surface area (Å²) in [6.07, 6.45) is 1.96. The zero-order valence-corrected chi connectivity index (χ0v) is 14.7. The molecule has 1 N–H and O–H groups in total. The number of fused-ring (bicyclic) bond motifs is 2. The Morgan fingerprint density at radius 2 is 1.96 bits per heavy atom. The molecule has 2 aromatic carbocycles. The maximum Gasteiger partial charge on any atom is 0.336 e. The Hall–Kier alpha value is -2.31. The second-order valence-corrected chi connectivity index (χ2v) is 7.19. The summed E-state index contributed by atoms with van der Waals surface area (Å²) in [7, 11) is 0. The maximum atomic E-state index is 13.0. The van der Waals surface area contributed by atoms with Crippen molar-refractivity contribution in [3.8, 4) is 5.69 Å². The Morgan fingerprint density at radius 3 is 2.72 bits per heavy atom. The smallest absolute Gasteiger partial charge is 0.336 e. The fourth-order valence-corrected chi connectivity index (χ4v) is 4.44. The van der Waals surface area contributed by atoms with E-state index < -0.39 is 5.69 Å². The summed E-state index contributed by atoms with van der Waals surface area (Å²) in [5, 5.41) is 9.77. The number of nitrogens with zero attached hydrogens (tertiary/aromatic N) is 2. The summed E-state index contributed by atoms with van der Waals surface area (Å²) < 4.78 is 2.76. The summed E-state index contributed by atoms with van der Waals surface area (Å²) in [6, 6.07) is 11.7. The Bertz CT molecular complexity index is 1100. The minimum Gasteiger partial charge on any atom is -0.395 e. The van der Waals surface area contributed by atoms with Crippen molar-refractivity contribution in [3.63, 3.8) is 0 Å². The monoisotopic (exact) mass is 354 g/mol. The first-order valence-corrected chi connectivity index (χ1v) is 9.18. The molecular weight excluding hydrogens is 336 g/mol. The maximum absolute atomic E-state index is 13.0. The number of aliphatic hydroxyl groups excluding tert-OH is 1. The van der Waals surface area contributed by atoms with E-state index in [1.807, 2.05) is 24.3 Å². The number of aromatic nitrogens is 2. The van der Waals surface area contributed by atoms with Gasteiger partial charge in [-0.15, -0.1) is 0 Å². The van der Waals surface area contributed by atoms with Gasteiger partial charge in [-0.05, 0) is 36.2 Å². The quantitative estimate of drug-likeness (QED) is 0.612. The highest BCUT2D eigenvalue weighted by molar-refractivity contribution is 7.99. The van der Waals surface area contributed by atoms with Crippen molar-refractivity contribution in [1.29, 1.82) is 0 Å². The number of aliphatic hydroxyl groups is 1. The number of para-hydroxylation sites is 1. The average molecular weight is 354 g/mol. The van der Waals surface area contributed by atoms with E-state index in [1.54, 1.807) is 22.4 Å². The van der Waals surface area contributed by atoms with Crippen molar-refractivity contribution in [2.75, 3.05) is 6.61 Å². The van der Waals surface area contributed by atoms with Gasteiger partial charge in [-0.2, -0.15) is 0 Å². The molecule has 0 bridgehead atoms. The standard InChI is InChI=1S/C19H18N2O3S/c1-2-4-12-7-8-15-14(11-12)21-17-13(5-3-6-16(17)25-15)18(23)20(9-10-22)19(21)24/h3,5-8,11,22H,2,4,9-10H2,1H3. The molecule has 0 atom stereocenters. The fourth-order valence-electron chi connectivity index (χ4n) is 3.36. The molecular formula is C19H18N2O3S. The Balaban J connectivity index is 2.14. The number of rotatable bonds is 4. The Morgan fingerprint density at radius 1 is 1.12 bits per heavy atom. The summed E-state index contributed by atoms with van der Waals surface area (Å²) >= 11 is 1.58. The van der Waals surface area contributed by atoms with Crippen molar-refractivity contribution in [1.82, 2.24) is 9.13 Å². The minimum atomic E-state index is -0.394. The van der Waals surface area contributed by atoms with Crippen molar-refractivity contribution < 1.29 is 5.11 Å². The Kier molecular flexibility index (Phi) is 4.01. The predicted octanol–water partition coefficient (Wildman–Crippen LogP) is 2.56. The van der Waals surface area contributed by atoms with Crippen LogP contribution in [-0.2, 0) is 13.0 Å². The topological polar surface area (TPSA) is 64.2 Å². The second kappa shape index (κ2) is 6.20. The van der Waals surface area contributed by atoms with E-state index in [0.29, 0.717) is 10.9 Å². The lowest BCUT2D eigenvalue weighted by Crippen LogP contribution is -2.41. The molecule has 0 aliphatic carbocycles. The highest BCUT2D eigenvalue weighted by Crippen LogP contribution is 2.41. The van der Waals surface area contributed by atoms with E-state index in [1.165, 1.54) is 5.56 Å². The van der Waals surface area contributed by atoms with Gasteiger partial charge in [0.05, 0.1) is 29.7 Å². The number of benzene rings is 2. The second-order valence-electron chi connectivity index (χ2n) is 6.10. The van der Waals surface area contributed by atoms with Gasteiger partial charge in [0, 0.05) is 9.79 Å². The zero-order valence-electron chi connectivity index (χ0n) is 13.9. The average Bonchev–Trinajstić information content (AvgIpc) is 2.62. The van der Waals surface area contributed by atoms with Crippen molar-refractivity contribution in [2.24, 2.45) is 0 Å². The third kappa shape index (κ3) is 2.44. The molecule has 0 radical (unpaired) electrons. The lowest BCUT2D eigenvalue weighted by atomic mass is 10.1. The molecule has 2 heterocycles. The molecule has 25 heavy (non-hydrogen) atoms. The summed E-state index contributed by atoms with van der Waals surface area (Å²) in [5.74, 6) is 0. The van der Waals surface area contributed by atoms with Gasteiger partial charge in [0.1, 0.15) is 0 Å². The van der Waals surface area contributed by atoms with Gasteiger partial charge in [-0.3, -0.25) is 13.9 Å². The van der Waals surface area contributed by atoms with Gasteiger partial charge < -0.3 is 5.11 Å². The van der Waals surface area contributed by atoms with Gasteiger partial charge in [0.15, 0.2) is 0 Å². The number of hydrogen-bond acceptors (Lipinski definition) is 4. The van der Waals surface area contributed by atoms with E-state index in [4.69, 9.17) is 0 Å². The zero-order chi connectivity index (χ0) is 17.6. The first-order chi connectivity index (χ1) is 12.2. The van der Waals surface area contributed by atoms with Crippen LogP contribution in [0.1, 0.15) is 18.9 Å². The van der Waals surface area contributed by atoms with Crippen LogP contribution in [0.5, 0.6) is 0 Å². The van der Waals surface area contributed by atoms with Crippen LogP contribution in [0.4, 0.5) is 0 Å². The highest BCUT2D eigenvalue weighted by Gasteiger charge is 2.23. The molecule has 0 spiro atoms. The summed E-state index contributed by atoms with van der Waals surface area (Å²) in [5.41, 5.74) is 1.91. The van der Waals surface area contributed by atoms with Crippen LogP contribution in [0, 0.1) is 0 Å². The molecule has 0 saturated heterocycles. The lowest BCUT2D eigenvalue weighted by Gasteiger charge is -2.23. The van der Waals surface area contributed by atoms with Crippen LogP contribution >= 0.6 is 11.8 Å². The molecule has 5 nitrogen and oxygen atoms in total. The molecule has 0 fully saturated rings. The molecule has 6 heteroatoms. The minimum absolute atomic E-state index is 0.00500. The van der Waals surface area contributed by atoms with Crippen molar-refractivity contribution in [3.05, 3.63) is 62.8 Å². The van der Waals surface area contributed by atoms with E-state index in [0.717, 1.165) is 32.9 Å². The third-order valence-corrected chi connectivity index (χ3v) is 5.58. The van der Waals surface area contributed by atoms with Crippen LogP contribution in [0.3, 0.4) is 0 Å². The number of hydrogen-bond donors (Lipinski definition) is 1. The van der Waals surface area contributed by atoms with Gasteiger partial charge in [-0.1, -0.05) is 37.2 Å². The first-order valence-electron chi connectivity index (χ1n) is 8.36. The normalized spacial score (nSPS) is 12.4. The van der Waals surface area contributed by atoms with Crippen LogP contribution in [0.15, 0.2) is 55.8 Å². The van der Waals surface area contributed by atoms with Crippen LogP contribution in [0.25, 0.3) is 16.6 Å². The predicted molar refractivity (Wildman–Crippen MR) is 99.0 cm³/mol. The summed E-state index contributed by atoms with van der Waals surface area (Å²) in [6.45, 7) is 1.86. The van der Waals surface area contributed by atoms with E-state index in [2.05, 4.69) is 13.0 Å². The molecule has 1 aliphatic rings. The number of aryl methyl sites for hydroxylation is 1. The fraction of sp³-hybridized carbons (Fsp3) is 0.263. The lowest BCUT2D eigenvalue weighted by molar-refractivity contribution is 0.271. The van der Waals surface area contributed by atoms with Crippen LogP contribution in [-0.4, -0.2) is 20.8 Å². The van der Waals surface area contributed by atoms with Gasteiger partial charge in [-0.25, -0.2) is 4.79 Å². The first kappa shape index (κ1) is 16.2. The Labute approximate surface area is 148 Å². The SMILES string of the molecule is CCCc1ccc2c(c1)-n1c(=O)n(CCO)c(=O)c3cccc(c31)S2. The molecule has 1 aromatic heterocycles. The molecule has 0 amide bonds. The molecule has 128 valence electrons. The molecule has 4 rings (SSSR count). The van der Waals surface area contributed by atoms with Gasteiger partial charge >= 0.3 is 5.69 Å². The van der Waals surface area contributed by atoms with E-state index in [-0.39, 0.29) is 18.7 Å². The molecule has 0 unspecified atom stereocenters. The largest absolute Gasteiger partial charge is 0.395 e. The van der Waals surface area contributed by atoms with Crippen molar-refractivity contribution >= 4 is 22.7 Å². The third-order valence-electron chi connectivity index (χ3n) is 4.47. The molecule has 3 aromatic rings. The highest BCUT2D eigenvalue weighted by atomic mass is 32.2.